The Labute approximate surface area is 135 Å². The molecular weight excluding hydrogens is 376 g/mol. The van der Waals surface area contributed by atoms with Gasteiger partial charge in [0, 0.05) is 27.0 Å². The van der Waals surface area contributed by atoms with Crippen LogP contribution < -0.4 is 0 Å². The number of nitrogens with zero attached hydrogens (tertiary/aromatic N) is 2. The predicted molar refractivity (Wildman–Crippen MR) is 85.5 cm³/mol. The van der Waals surface area contributed by atoms with Crippen LogP contribution >= 0.6 is 27.3 Å². The van der Waals surface area contributed by atoms with Gasteiger partial charge in [0.05, 0.1) is 22.6 Å². The van der Waals surface area contributed by atoms with Gasteiger partial charge in [-0.2, -0.15) is 16.4 Å². The van der Waals surface area contributed by atoms with Crippen LogP contribution in [0.3, 0.4) is 0 Å². The van der Waals surface area contributed by atoms with Gasteiger partial charge >= 0.3 is 0 Å². The van der Waals surface area contributed by atoms with E-state index in [9.17, 15) is 13.2 Å². The lowest BCUT2D eigenvalue weighted by molar-refractivity contribution is 0.112. The molecule has 2 aromatic rings. The fraction of sp³-hybridized carbons (Fsp3) is 0.385. The van der Waals surface area contributed by atoms with E-state index >= 15 is 0 Å². The minimum absolute atomic E-state index is 0.0597. The van der Waals surface area contributed by atoms with Gasteiger partial charge in [-0.15, -0.1) is 0 Å². The van der Waals surface area contributed by atoms with Crippen molar-refractivity contribution in [1.82, 2.24) is 9.78 Å². The third kappa shape index (κ3) is 2.60. The van der Waals surface area contributed by atoms with E-state index in [2.05, 4.69) is 21.0 Å². The van der Waals surface area contributed by atoms with Gasteiger partial charge in [-0.3, -0.25) is 9.48 Å². The van der Waals surface area contributed by atoms with E-state index < -0.39 is 15.4 Å². The summed E-state index contributed by atoms with van der Waals surface area (Å²) in [5.74, 6) is 0.224. The standard InChI is InChI=1S/C13H13BrN2O3S2/c1-13(2-3-21(18,19)8-13)16-4-9(5-17)12(15-16)10-6-20-7-11(10)14/h4-7H,2-3,8H2,1H3. The quantitative estimate of drug-likeness (QED) is 0.757. The summed E-state index contributed by atoms with van der Waals surface area (Å²) in [6.07, 6.45) is 2.92. The Bertz CT molecular complexity index is 809. The van der Waals surface area contributed by atoms with E-state index in [1.807, 2.05) is 17.7 Å². The van der Waals surface area contributed by atoms with Crippen LogP contribution in [0, 0.1) is 0 Å². The summed E-state index contributed by atoms with van der Waals surface area (Å²) >= 11 is 4.95. The van der Waals surface area contributed by atoms with Gasteiger partial charge in [-0.25, -0.2) is 8.42 Å². The van der Waals surface area contributed by atoms with Crippen LogP contribution in [-0.2, 0) is 15.4 Å². The zero-order valence-electron chi connectivity index (χ0n) is 11.2. The van der Waals surface area contributed by atoms with Crippen LogP contribution in [0.2, 0.25) is 0 Å². The Morgan fingerprint density at radius 2 is 2.24 bits per heavy atom. The first-order chi connectivity index (χ1) is 9.85. The Hall–Kier alpha value is -0.990. The molecule has 112 valence electrons. The highest BCUT2D eigenvalue weighted by Crippen LogP contribution is 2.35. The molecule has 1 unspecified atom stereocenters. The van der Waals surface area contributed by atoms with E-state index in [4.69, 9.17) is 0 Å². The number of aromatic nitrogens is 2. The monoisotopic (exact) mass is 388 g/mol. The van der Waals surface area contributed by atoms with Gasteiger partial charge in [0.1, 0.15) is 5.69 Å². The van der Waals surface area contributed by atoms with Crippen molar-refractivity contribution in [3.05, 3.63) is 27.0 Å². The molecule has 1 fully saturated rings. The van der Waals surface area contributed by atoms with Gasteiger partial charge < -0.3 is 0 Å². The second-order valence-electron chi connectivity index (χ2n) is 5.47. The number of hydrogen-bond donors (Lipinski definition) is 0. The van der Waals surface area contributed by atoms with Crippen molar-refractivity contribution in [1.29, 1.82) is 0 Å². The second kappa shape index (κ2) is 5.03. The van der Waals surface area contributed by atoms with Gasteiger partial charge in [0.25, 0.3) is 0 Å². The molecule has 0 bridgehead atoms. The first-order valence-corrected chi connectivity index (χ1v) is 9.88. The van der Waals surface area contributed by atoms with Gasteiger partial charge in [0.2, 0.25) is 0 Å². The van der Waals surface area contributed by atoms with Crippen molar-refractivity contribution in [3.8, 4) is 11.3 Å². The number of rotatable bonds is 3. The molecule has 21 heavy (non-hydrogen) atoms. The molecule has 0 saturated carbocycles. The highest BCUT2D eigenvalue weighted by Gasteiger charge is 2.41. The van der Waals surface area contributed by atoms with Crippen LogP contribution in [0.4, 0.5) is 0 Å². The summed E-state index contributed by atoms with van der Waals surface area (Å²) in [6.45, 7) is 1.87. The highest BCUT2D eigenvalue weighted by molar-refractivity contribution is 9.10. The Morgan fingerprint density at radius 3 is 2.76 bits per heavy atom. The fourth-order valence-corrected chi connectivity index (χ4v) is 6.17. The van der Waals surface area contributed by atoms with Crippen molar-refractivity contribution >= 4 is 43.4 Å². The van der Waals surface area contributed by atoms with Gasteiger partial charge in [-0.1, -0.05) is 0 Å². The van der Waals surface area contributed by atoms with E-state index in [1.165, 1.54) is 11.3 Å². The molecule has 5 nitrogen and oxygen atoms in total. The van der Waals surface area contributed by atoms with E-state index in [1.54, 1.807) is 10.9 Å². The smallest absolute Gasteiger partial charge is 0.153 e. The normalized spacial score (nSPS) is 24.3. The van der Waals surface area contributed by atoms with Crippen LogP contribution in [-0.4, -0.2) is 36.0 Å². The Kier molecular flexibility index (Phi) is 3.58. The van der Waals surface area contributed by atoms with Crippen molar-refractivity contribution in [2.45, 2.75) is 18.9 Å². The summed E-state index contributed by atoms with van der Waals surface area (Å²) in [5, 5.41) is 8.34. The topological polar surface area (TPSA) is 69.0 Å². The van der Waals surface area contributed by atoms with Gasteiger partial charge in [-0.05, 0) is 29.3 Å². The SMILES string of the molecule is CC1(n2cc(C=O)c(-c3cscc3Br)n2)CCS(=O)(=O)C1. The van der Waals surface area contributed by atoms with Gasteiger partial charge in [0.15, 0.2) is 16.1 Å². The van der Waals surface area contributed by atoms with Crippen molar-refractivity contribution in [3.63, 3.8) is 0 Å². The first-order valence-electron chi connectivity index (χ1n) is 6.32. The molecule has 1 aliphatic rings. The third-order valence-corrected chi connectivity index (χ3v) is 7.37. The predicted octanol–water partition coefficient (Wildman–Crippen LogP) is 2.72. The second-order valence-corrected chi connectivity index (χ2v) is 9.25. The lowest BCUT2D eigenvalue weighted by atomic mass is 10.0. The molecule has 1 atom stereocenters. The largest absolute Gasteiger partial charge is 0.298 e. The third-order valence-electron chi connectivity index (χ3n) is 3.77. The van der Waals surface area contributed by atoms with E-state index in [0.717, 1.165) is 16.3 Å². The number of aldehydes is 1. The maximum atomic E-state index is 11.7. The molecule has 1 saturated heterocycles. The Morgan fingerprint density at radius 1 is 1.48 bits per heavy atom. The number of thiophene rings is 1. The molecule has 1 aliphatic heterocycles. The van der Waals surface area contributed by atoms with Crippen molar-refractivity contribution in [2.75, 3.05) is 11.5 Å². The fourth-order valence-electron chi connectivity index (χ4n) is 2.58. The number of carbonyl (C=O) groups excluding carboxylic acids is 1. The molecule has 3 rings (SSSR count). The molecule has 0 spiro atoms. The maximum Gasteiger partial charge on any atom is 0.153 e. The van der Waals surface area contributed by atoms with Crippen LogP contribution in [0.1, 0.15) is 23.7 Å². The molecule has 8 heteroatoms. The van der Waals surface area contributed by atoms with Crippen LogP contribution in [0.15, 0.2) is 21.4 Å². The highest BCUT2D eigenvalue weighted by atomic mass is 79.9. The first kappa shape index (κ1) is 14.9. The minimum Gasteiger partial charge on any atom is -0.298 e. The molecule has 0 aromatic carbocycles. The summed E-state index contributed by atoms with van der Waals surface area (Å²) < 4.78 is 26.0. The number of carbonyl (C=O) groups is 1. The summed E-state index contributed by atoms with van der Waals surface area (Å²) in [5.41, 5.74) is 1.32. The molecule has 0 aliphatic carbocycles. The average Bonchev–Trinajstić information content (AvgIpc) is 3.07. The number of hydrogen-bond acceptors (Lipinski definition) is 5. The zero-order valence-corrected chi connectivity index (χ0v) is 14.5. The van der Waals surface area contributed by atoms with E-state index in [-0.39, 0.29) is 11.5 Å². The number of halogens is 1. The van der Waals surface area contributed by atoms with Crippen molar-refractivity contribution < 1.29 is 13.2 Å². The zero-order chi connectivity index (χ0) is 15.3. The van der Waals surface area contributed by atoms with Crippen LogP contribution in [0.25, 0.3) is 11.3 Å². The summed E-state index contributed by atoms with van der Waals surface area (Å²) in [7, 11) is -3.03. The molecule has 2 aromatic heterocycles. The molecule has 0 N–H and O–H groups in total. The average molecular weight is 389 g/mol. The molecule has 0 amide bonds. The summed E-state index contributed by atoms with van der Waals surface area (Å²) in [6, 6.07) is 0. The molecular formula is C13H13BrN2O3S2. The Balaban J connectivity index is 2.09. The van der Waals surface area contributed by atoms with Crippen molar-refractivity contribution in [2.24, 2.45) is 0 Å². The lowest BCUT2D eigenvalue weighted by Crippen LogP contribution is -2.31. The summed E-state index contributed by atoms with van der Waals surface area (Å²) in [4.78, 5) is 11.3. The molecule has 3 heterocycles. The lowest BCUT2D eigenvalue weighted by Gasteiger charge is -2.22. The maximum absolute atomic E-state index is 11.7. The van der Waals surface area contributed by atoms with Crippen LogP contribution in [0.5, 0.6) is 0 Å². The molecule has 0 radical (unpaired) electrons. The number of sulfone groups is 1. The minimum atomic E-state index is -3.03. The van der Waals surface area contributed by atoms with E-state index in [0.29, 0.717) is 17.7 Å².